The number of nitrogens with two attached hydrogens (primary N) is 2. The van der Waals surface area contributed by atoms with E-state index in [0.717, 1.165) is 22.3 Å². The standard InChI is InChI=1S/C88H122N21O19P/c1-10-11-17-67(81(90)117)103-85(121)70(43-53(2)3)104-86(122)72(45-57-47-91-52-99-57)102-78(115)49-98-87(123)80(54(4)5)106-82(118)55(6)100-84(120)71(44-56-46-96-66-18-13-12-16-65(56)66)105-83(119)68(32-33-73(89)110)101-77(114)36-41-94-74(111)34-39-93-75(112)35-40-95-79(116)51-109-50-58(107-108-109)48-97-69(88(124)125)19-14-15-38-92-76(113)37-42-129(62-26-20-59(126-7)21-27-62,63-28-22-60(127-8)23-29-63)64-30-24-61(128-9)25-31-64/h12-13,16,18,20-31,46-47,50,52-55,67-72,80,96-97H,10-11,14-15,17,19,32-45,48-49,51H2,1-9H3,(H17-,89,90,91,92,93,94,95,98,99,100,101,102,103,104,105,106,110,111,112,113,114,115,116,117,118,119,120,121,122,123,124,125)/p+1/t55-,67-,68-,69-,70-,71-,72-,80-/m0/s1. The van der Waals surface area contributed by atoms with E-state index >= 15 is 0 Å². The van der Waals surface area contributed by atoms with Gasteiger partial charge in [-0.3, -0.25) is 77.2 Å². The average molecular weight is 1810 g/mol. The number of unbranched alkanes of at least 4 members (excludes halogenated alkanes) is 2. The molecule has 7 aromatic rings. The van der Waals surface area contributed by atoms with Crippen LogP contribution in [0.3, 0.4) is 0 Å². The highest BCUT2D eigenvalue weighted by Crippen LogP contribution is 2.56. The summed E-state index contributed by atoms with van der Waals surface area (Å²) in [6.45, 7) is 9.09. The molecule has 0 saturated heterocycles. The number of carbonyl (C=O) groups is 15. The number of carbonyl (C=O) groups excluding carboxylic acids is 14. The first-order chi connectivity index (χ1) is 61.7. The number of methoxy groups -OCH3 is 3. The number of benzene rings is 4. The van der Waals surface area contributed by atoms with Gasteiger partial charge in [0.05, 0.1) is 64.4 Å². The Bertz CT molecular complexity index is 4780. The van der Waals surface area contributed by atoms with Crippen LogP contribution < -0.4 is 111 Å². The number of primary amides is 2. The van der Waals surface area contributed by atoms with Crippen LogP contribution in [0.2, 0.25) is 0 Å². The average Bonchev–Trinajstić information content (AvgIpc) is 1.14. The topological polar surface area (TPSA) is 588 Å². The van der Waals surface area contributed by atoms with Gasteiger partial charge >= 0.3 is 5.97 Å². The maximum atomic E-state index is 14.4. The summed E-state index contributed by atoms with van der Waals surface area (Å²) < 4.78 is 17.7. The van der Waals surface area contributed by atoms with Crippen LogP contribution in [-0.2, 0) is 97.8 Å². The lowest BCUT2D eigenvalue weighted by Gasteiger charge is -2.28. The Morgan fingerprint density at radius 2 is 1.02 bits per heavy atom. The third-order valence-electron chi connectivity index (χ3n) is 21.1. The lowest BCUT2D eigenvalue weighted by Crippen LogP contribution is -2.59. The molecule has 0 saturated carbocycles. The molecule has 0 aliphatic rings. The Labute approximate surface area is 748 Å². The molecule has 40 nitrogen and oxygen atoms in total. The fourth-order valence-corrected chi connectivity index (χ4v) is 18.3. The van der Waals surface area contributed by atoms with Crippen LogP contribution in [0.5, 0.6) is 17.2 Å². The fraction of sp³-hybridized carbons (Fsp3) is 0.477. The molecule has 3 heterocycles. The van der Waals surface area contributed by atoms with Gasteiger partial charge < -0.3 is 105 Å². The molecular formula is C88H123N21O19P+. The van der Waals surface area contributed by atoms with E-state index in [0.29, 0.717) is 77.1 Å². The molecular weight excluding hydrogens is 1690 g/mol. The normalized spacial score (nSPS) is 13.1. The predicted molar refractivity (Wildman–Crippen MR) is 480 cm³/mol. The third-order valence-corrected chi connectivity index (χ3v) is 25.6. The number of nitrogens with one attached hydrogen (secondary N) is 15. The Morgan fingerprint density at radius 3 is 1.58 bits per heavy atom. The van der Waals surface area contributed by atoms with Crippen LogP contribution in [0.4, 0.5) is 0 Å². The van der Waals surface area contributed by atoms with Gasteiger partial charge in [-0.25, -0.2) is 9.67 Å². The van der Waals surface area contributed by atoms with E-state index in [4.69, 9.17) is 25.7 Å². The molecule has 7 rings (SSSR count). The van der Waals surface area contributed by atoms with Crippen molar-refractivity contribution < 1.29 is 91.2 Å². The number of rotatable bonds is 58. The van der Waals surface area contributed by atoms with E-state index in [1.807, 2.05) is 93.6 Å². The number of carboxylic acids is 1. The Kier molecular flexibility index (Phi) is 41.9. The number of aromatic nitrogens is 6. The van der Waals surface area contributed by atoms with Gasteiger partial charge in [0, 0.05) is 94.5 Å². The second-order valence-corrected chi connectivity index (χ2v) is 35.4. The largest absolute Gasteiger partial charge is 0.497 e. The minimum atomic E-state index is -2.45. The number of aromatic amines is 2. The number of H-pyrrole nitrogens is 2. The van der Waals surface area contributed by atoms with Crippen LogP contribution in [0.25, 0.3) is 10.9 Å². The molecule has 0 fully saturated rings. The minimum Gasteiger partial charge on any atom is -0.497 e. The van der Waals surface area contributed by atoms with Crippen LogP contribution in [-0.4, -0.2) is 232 Å². The molecule has 129 heavy (non-hydrogen) atoms. The van der Waals surface area contributed by atoms with Gasteiger partial charge in [0.1, 0.15) is 95.3 Å². The number of hydrogen-bond acceptors (Lipinski definition) is 22. The summed E-state index contributed by atoms with van der Waals surface area (Å²) >= 11 is 0. The number of para-hydroxylation sites is 1. The molecule has 8 atom stereocenters. The van der Waals surface area contributed by atoms with E-state index < -0.39 is 151 Å². The van der Waals surface area contributed by atoms with Gasteiger partial charge in [-0.1, -0.05) is 70.9 Å². The van der Waals surface area contributed by atoms with Crippen molar-refractivity contribution >= 4 is 123 Å². The van der Waals surface area contributed by atoms with Gasteiger partial charge in [0.15, 0.2) is 0 Å². The van der Waals surface area contributed by atoms with Crippen LogP contribution in [0.1, 0.15) is 142 Å². The van der Waals surface area contributed by atoms with E-state index in [1.54, 1.807) is 65.6 Å². The van der Waals surface area contributed by atoms with Crippen molar-refractivity contribution in [1.82, 2.24) is 99.1 Å². The first-order valence-corrected chi connectivity index (χ1v) is 44.9. The van der Waals surface area contributed by atoms with Gasteiger partial charge in [0.2, 0.25) is 82.7 Å². The van der Waals surface area contributed by atoms with E-state index in [9.17, 15) is 77.0 Å². The summed E-state index contributed by atoms with van der Waals surface area (Å²) in [4.78, 5) is 210. The van der Waals surface area contributed by atoms with Crippen molar-refractivity contribution in [3.63, 3.8) is 0 Å². The molecule has 0 radical (unpaired) electrons. The van der Waals surface area contributed by atoms with Crippen molar-refractivity contribution in [3.8, 4) is 17.2 Å². The molecule has 0 aliphatic heterocycles. The second-order valence-electron chi connectivity index (χ2n) is 31.8. The minimum absolute atomic E-state index is 0.0194. The molecule has 0 unspecified atom stereocenters. The monoisotopic (exact) mass is 1810 g/mol. The second kappa shape index (κ2) is 52.7. The molecule has 41 heteroatoms. The predicted octanol–water partition coefficient (Wildman–Crippen LogP) is -0.101. The number of nitrogens with zero attached hydrogens (tertiary/aromatic N) is 4. The van der Waals surface area contributed by atoms with Crippen molar-refractivity contribution in [2.24, 2.45) is 23.3 Å². The zero-order chi connectivity index (χ0) is 94.1. The molecule has 698 valence electrons. The lowest BCUT2D eigenvalue weighted by molar-refractivity contribution is -0.140. The Balaban J connectivity index is 0.818. The highest BCUT2D eigenvalue weighted by atomic mass is 31.2. The van der Waals surface area contributed by atoms with Crippen molar-refractivity contribution in [3.05, 3.63) is 139 Å². The summed E-state index contributed by atoms with van der Waals surface area (Å²) in [5.74, 6) is -9.43. The molecule has 3 aromatic heterocycles. The van der Waals surface area contributed by atoms with Crippen LogP contribution >= 0.6 is 7.26 Å². The zero-order valence-electron chi connectivity index (χ0n) is 74.3. The number of ether oxygens (including phenoxy) is 3. The summed E-state index contributed by atoms with van der Waals surface area (Å²) in [6, 6.07) is 20.9. The van der Waals surface area contributed by atoms with E-state index in [2.05, 4.69) is 94.4 Å². The smallest absolute Gasteiger partial charge is 0.320 e. The molecule has 20 N–H and O–H groups in total. The van der Waals surface area contributed by atoms with Gasteiger partial charge in [-0.2, -0.15) is 0 Å². The van der Waals surface area contributed by atoms with Gasteiger partial charge in [-0.05, 0) is 142 Å². The number of carboxylic acid groups (broad SMARTS) is 1. The zero-order valence-corrected chi connectivity index (χ0v) is 75.2. The first-order valence-electron chi connectivity index (χ1n) is 43.0. The van der Waals surface area contributed by atoms with Crippen LogP contribution in [0.15, 0.2) is 122 Å². The third kappa shape index (κ3) is 33.7. The van der Waals surface area contributed by atoms with E-state index in [1.165, 1.54) is 30.3 Å². The summed E-state index contributed by atoms with van der Waals surface area (Å²) in [6.07, 6.45) is 7.93. The number of imidazole rings is 1. The Morgan fingerprint density at radius 1 is 0.496 bits per heavy atom. The SMILES string of the molecule is CCCC[C@H](NC(=O)[C@H](CC(C)C)NC(=O)[C@H](Cc1c[nH]cn1)NC(=O)CNC(=O)[C@@H](NC(=O)[C@H](C)NC(=O)[C@H](Cc1c[nH]c2ccccc12)NC(=O)[C@H](CCC(N)=O)NC(=O)CCNC(=O)CCNC(=O)CCNC(=O)Cn1cc(CN[C@@H](CCCCNC(=O)CC[P+](c2ccc(OC)cc2)(c2ccc(OC)cc2)c2ccc(OC)cc2)C(=O)O)nn1)C(C)C)C(N)=O. The van der Waals surface area contributed by atoms with Crippen molar-refractivity contribution in [2.45, 2.75) is 199 Å². The summed E-state index contributed by atoms with van der Waals surface area (Å²) in [7, 11) is 2.37. The summed E-state index contributed by atoms with van der Waals surface area (Å²) in [5.41, 5.74) is 13.1. The number of aliphatic carboxylic acids is 1. The summed E-state index contributed by atoms with van der Waals surface area (Å²) in [5, 5.41) is 56.5. The molecule has 4 aromatic carbocycles. The molecule has 14 amide bonds. The highest BCUT2D eigenvalue weighted by molar-refractivity contribution is 7.95. The first kappa shape index (κ1) is 103. The maximum Gasteiger partial charge on any atom is 0.320 e. The molecule has 0 spiro atoms. The quantitative estimate of drug-likeness (QED) is 0.0175. The van der Waals surface area contributed by atoms with E-state index in [-0.39, 0.29) is 115 Å². The number of amides is 14. The maximum absolute atomic E-state index is 14.4. The fourth-order valence-electron chi connectivity index (χ4n) is 14.1. The molecule has 0 bridgehead atoms. The number of fused-ring (bicyclic) bond motifs is 1. The Hall–Kier alpha value is -13.4. The van der Waals surface area contributed by atoms with Gasteiger partial charge in [0.25, 0.3) is 0 Å². The highest BCUT2D eigenvalue weighted by Gasteiger charge is 2.46. The van der Waals surface area contributed by atoms with Crippen LogP contribution in [0, 0.1) is 11.8 Å². The molecule has 0 aliphatic carbocycles. The van der Waals surface area contributed by atoms with Gasteiger partial charge in [-0.15, -0.1) is 5.10 Å². The van der Waals surface area contributed by atoms with Crippen molar-refractivity contribution in [2.75, 3.05) is 60.2 Å². The van der Waals surface area contributed by atoms with Crippen molar-refractivity contribution in [1.29, 1.82) is 0 Å². The number of hydrogen-bond donors (Lipinski definition) is 18. The lowest BCUT2D eigenvalue weighted by atomic mass is 10.0.